The largest absolute Gasteiger partial charge is 0.493 e. The second-order valence-corrected chi connectivity index (χ2v) is 3.07. The highest BCUT2D eigenvalue weighted by molar-refractivity contribution is 5.93. The minimum absolute atomic E-state index is 0.0946. The highest BCUT2D eigenvalue weighted by Crippen LogP contribution is 2.20. The Morgan fingerprint density at radius 3 is 2.62 bits per heavy atom. The van der Waals surface area contributed by atoms with Crippen LogP contribution in [0.1, 0.15) is 27.2 Å². The molecular weight excluding hydrogens is 166 g/mol. The molecule has 4 nitrogen and oxygen atoms in total. The molecule has 0 saturated heterocycles. The number of hydrogen-bond donors (Lipinski definition) is 2. The van der Waals surface area contributed by atoms with Crippen LogP contribution >= 0.6 is 0 Å². The third-order valence-electron chi connectivity index (χ3n) is 2.41. The van der Waals surface area contributed by atoms with Gasteiger partial charge in [-0.3, -0.25) is 5.73 Å². The maximum Gasteiger partial charge on any atom is 0.214 e. The molecule has 0 aromatic heterocycles. The summed E-state index contributed by atoms with van der Waals surface area (Å²) in [6.45, 7) is 6.80. The molecular formula is C9H17N3O. The van der Waals surface area contributed by atoms with E-state index in [0.29, 0.717) is 0 Å². The van der Waals surface area contributed by atoms with E-state index in [0.717, 1.165) is 24.2 Å². The summed E-state index contributed by atoms with van der Waals surface area (Å²) < 4.78 is 0. The molecule has 0 aliphatic carbocycles. The van der Waals surface area contributed by atoms with E-state index in [4.69, 9.17) is 5.73 Å². The van der Waals surface area contributed by atoms with Crippen LogP contribution in [0.25, 0.3) is 0 Å². The molecule has 1 aliphatic heterocycles. The van der Waals surface area contributed by atoms with Crippen molar-refractivity contribution >= 4 is 5.90 Å². The number of rotatable bonds is 2. The third-order valence-corrected chi connectivity index (χ3v) is 2.41. The number of allylic oxidation sites excluding steroid dienone is 1. The topological polar surface area (TPSA) is 61.8 Å². The Kier molecular flexibility index (Phi) is 2.93. The molecule has 0 saturated carbocycles. The van der Waals surface area contributed by atoms with Gasteiger partial charge in [0.1, 0.15) is 0 Å². The summed E-state index contributed by atoms with van der Waals surface area (Å²) in [5.41, 5.74) is 7.66. The molecule has 1 atom stereocenters. The van der Waals surface area contributed by atoms with Crippen LogP contribution in [0.5, 0.6) is 0 Å². The van der Waals surface area contributed by atoms with E-state index in [1.165, 1.54) is 0 Å². The SMILES string of the molecule is CCC1=C(C)N(CC)C(N)N=C1O. The quantitative estimate of drug-likeness (QED) is 0.676. The van der Waals surface area contributed by atoms with Crippen LogP contribution in [0.3, 0.4) is 0 Å². The minimum Gasteiger partial charge on any atom is -0.493 e. The smallest absolute Gasteiger partial charge is 0.214 e. The molecule has 1 unspecified atom stereocenters. The van der Waals surface area contributed by atoms with Gasteiger partial charge >= 0.3 is 0 Å². The van der Waals surface area contributed by atoms with Crippen molar-refractivity contribution in [1.82, 2.24) is 4.90 Å². The van der Waals surface area contributed by atoms with Gasteiger partial charge in [-0.1, -0.05) is 6.92 Å². The molecule has 0 radical (unpaired) electrons. The van der Waals surface area contributed by atoms with E-state index in [2.05, 4.69) is 4.99 Å². The molecule has 0 bridgehead atoms. The lowest BCUT2D eigenvalue weighted by Gasteiger charge is -2.32. The molecule has 0 spiro atoms. The van der Waals surface area contributed by atoms with Gasteiger partial charge in [-0.05, 0) is 20.3 Å². The number of nitrogens with zero attached hydrogens (tertiary/aromatic N) is 2. The third kappa shape index (κ3) is 1.67. The van der Waals surface area contributed by atoms with E-state index in [1.807, 2.05) is 25.7 Å². The summed E-state index contributed by atoms with van der Waals surface area (Å²) in [5, 5.41) is 9.51. The van der Waals surface area contributed by atoms with Crippen LogP contribution in [0, 0.1) is 0 Å². The molecule has 0 fully saturated rings. The number of nitrogens with two attached hydrogens (primary N) is 1. The van der Waals surface area contributed by atoms with Crippen LogP contribution < -0.4 is 5.73 Å². The molecule has 0 amide bonds. The van der Waals surface area contributed by atoms with Crippen molar-refractivity contribution in [2.75, 3.05) is 6.54 Å². The summed E-state index contributed by atoms with van der Waals surface area (Å²) in [6.07, 6.45) is 0.352. The lowest BCUT2D eigenvalue weighted by atomic mass is 10.1. The maximum atomic E-state index is 9.51. The standard InChI is InChI=1S/C9H17N3O/c1-4-7-6(3)12(5-2)9(10)11-8(7)13/h9H,4-5,10H2,1-3H3,(H,11,13). The predicted octanol–water partition coefficient (Wildman–Crippen LogP) is 1.20. The summed E-state index contributed by atoms with van der Waals surface area (Å²) >= 11 is 0. The van der Waals surface area contributed by atoms with Gasteiger partial charge in [0, 0.05) is 17.8 Å². The van der Waals surface area contributed by atoms with E-state index in [-0.39, 0.29) is 5.90 Å². The van der Waals surface area contributed by atoms with Crippen molar-refractivity contribution in [3.63, 3.8) is 0 Å². The van der Waals surface area contributed by atoms with Gasteiger partial charge in [-0.25, -0.2) is 4.99 Å². The first-order chi connectivity index (χ1) is 6.11. The first-order valence-electron chi connectivity index (χ1n) is 4.60. The molecule has 1 rings (SSSR count). The van der Waals surface area contributed by atoms with Gasteiger partial charge in [0.15, 0.2) is 6.29 Å². The fourth-order valence-electron chi connectivity index (χ4n) is 1.64. The van der Waals surface area contributed by atoms with Crippen LogP contribution in [0.2, 0.25) is 0 Å². The van der Waals surface area contributed by atoms with Crippen molar-refractivity contribution in [3.05, 3.63) is 11.3 Å². The molecule has 1 heterocycles. The fourth-order valence-corrected chi connectivity index (χ4v) is 1.64. The Morgan fingerprint density at radius 1 is 1.54 bits per heavy atom. The molecule has 3 N–H and O–H groups in total. The Bertz CT molecular complexity index is 258. The van der Waals surface area contributed by atoms with Crippen molar-refractivity contribution in [2.24, 2.45) is 10.7 Å². The molecule has 74 valence electrons. The average Bonchev–Trinajstić information content (AvgIpc) is 2.04. The summed E-state index contributed by atoms with van der Waals surface area (Å²) in [5.74, 6) is 0.0946. The van der Waals surface area contributed by atoms with Crippen molar-refractivity contribution < 1.29 is 5.11 Å². The highest BCUT2D eigenvalue weighted by Gasteiger charge is 2.22. The summed E-state index contributed by atoms with van der Waals surface area (Å²) in [4.78, 5) is 5.93. The van der Waals surface area contributed by atoms with Crippen molar-refractivity contribution in [2.45, 2.75) is 33.5 Å². The highest BCUT2D eigenvalue weighted by atomic mass is 16.3. The predicted molar refractivity (Wildman–Crippen MR) is 53.4 cm³/mol. The number of aliphatic hydroxyl groups is 1. The summed E-state index contributed by atoms with van der Waals surface area (Å²) in [6, 6.07) is 0. The number of aliphatic hydroxyl groups excluding tert-OH is 1. The Morgan fingerprint density at radius 2 is 2.15 bits per heavy atom. The first-order valence-corrected chi connectivity index (χ1v) is 4.60. The van der Waals surface area contributed by atoms with Crippen LogP contribution in [-0.2, 0) is 0 Å². The monoisotopic (exact) mass is 183 g/mol. The van der Waals surface area contributed by atoms with E-state index in [9.17, 15) is 5.11 Å². The lowest BCUT2D eigenvalue weighted by molar-refractivity contribution is 0.263. The zero-order valence-electron chi connectivity index (χ0n) is 8.41. The Labute approximate surface area is 78.8 Å². The second-order valence-electron chi connectivity index (χ2n) is 3.07. The second kappa shape index (κ2) is 3.79. The van der Waals surface area contributed by atoms with E-state index < -0.39 is 6.29 Å². The van der Waals surface area contributed by atoms with Crippen LogP contribution in [0.15, 0.2) is 16.3 Å². The van der Waals surface area contributed by atoms with Crippen molar-refractivity contribution in [1.29, 1.82) is 0 Å². The molecule has 4 heteroatoms. The van der Waals surface area contributed by atoms with Gasteiger partial charge < -0.3 is 10.0 Å². The van der Waals surface area contributed by atoms with Gasteiger partial charge in [0.05, 0.1) is 0 Å². The zero-order chi connectivity index (χ0) is 10.0. The number of aliphatic imine (C=N–C) groups is 1. The molecule has 1 aliphatic rings. The van der Waals surface area contributed by atoms with Gasteiger partial charge in [-0.2, -0.15) is 0 Å². The normalized spacial score (nSPS) is 23.5. The Balaban J connectivity index is 3.02. The minimum atomic E-state index is -0.430. The van der Waals surface area contributed by atoms with E-state index in [1.54, 1.807) is 0 Å². The lowest BCUT2D eigenvalue weighted by Crippen LogP contribution is -2.43. The van der Waals surface area contributed by atoms with Gasteiger partial charge in [0.25, 0.3) is 0 Å². The van der Waals surface area contributed by atoms with Crippen LogP contribution in [0.4, 0.5) is 0 Å². The Hall–Kier alpha value is -1.03. The molecule has 13 heavy (non-hydrogen) atoms. The van der Waals surface area contributed by atoms with Crippen molar-refractivity contribution in [3.8, 4) is 0 Å². The maximum absolute atomic E-state index is 9.51. The van der Waals surface area contributed by atoms with Gasteiger partial charge in [0.2, 0.25) is 5.90 Å². The molecule has 0 aromatic carbocycles. The number of hydrogen-bond acceptors (Lipinski definition) is 3. The van der Waals surface area contributed by atoms with Crippen LogP contribution in [-0.4, -0.2) is 28.7 Å². The zero-order valence-corrected chi connectivity index (χ0v) is 8.41. The average molecular weight is 183 g/mol. The van der Waals surface area contributed by atoms with E-state index >= 15 is 0 Å². The van der Waals surface area contributed by atoms with Gasteiger partial charge in [-0.15, -0.1) is 0 Å². The fraction of sp³-hybridized carbons (Fsp3) is 0.667. The molecule has 0 aromatic rings. The first kappa shape index (κ1) is 10.1. The summed E-state index contributed by atoms with van der Waals surface area (Å²) in [7, 11) is 0.